The van der Waals surface area contributed by atoms with E-state index in [1.807, 2.05) is 37.3 Å². The third-order valence-electron chi connectivity index (χ3n) is 2.40. The van der Waals surface area contributed by atoms with Crippen LogP contribution in [0.15, 0.2) is 36.5 Å². The second-order valence-electron chi connectivity index (χ2n) is 3.35. The molecule has 0 unspecified atom stereocenters. The van der Waals surface area contributed by atoms with Gasteiger partial charge in [0.2, 0.25) is 0 Å². The van der Waals surface area contributed by atoms with E-state index in [4.69, 9.17) is 17.3 Å². The van der Waals surface area contributed by atoms with Gasteiger partial charge >= 0.3 is 0 Å². The minimum Gasteiger partial charge on any atom is -0.383 e. The largest absolute Gasteiger partial charge is 0.383 e. The number of nitrogen functional groups attached to an aromatic ring is 1. The lowest BCUT2D eigenvalue weighted by Gasteiger charge is -2.08. The zero-order valence-corrected chi connectivity index (χ0v) is 9.12. The zero-order chi connectivity index (χ0) is 10.8. The normalized spacial score (nSPS) is 10.3. The van der Waals surface area contributed by atoms with Crippen LogP contribution in [0.5, 0.6) is 0 Å². The van der Waals surface area contributed by atoms with Crippen molar-refractivity contribution in [3.63, 3.8) is 0 Å². The van der Waals surface area contributed by atoms with Crippen LogP contribution >= 0.6 is 11.6 Å². The van der Waals surface area contributed by atoms with Crippen molar-refractivity contribution in [2.75, 3.05) is 5.73 Å². The number of pyridine rings is 1. The second-order valence-corrected chi connectivity index (χ2v) is 3.76. The number of hydrogen-bond acceptors (Lipinski definition) is 2. The summed E-state index contributed by atoms with van der Waals surface area (Å²) in [6, 6.07) is 9.59. The standard InChI is InChI=1S/C12H11ClN2/c1-8-9(4-2-6-11(8)13)10-5-3-7-15-12(10)14/h2-7H,1H3,(H2,14,15). The summed E-state index contributed by atoms with van der Waals surface area (Å²) in [5.74, 6) is 0.530. The maximum absolute atomic E-state index is 6.05. The number of benzene rings is 1. The number of halogens is 1. The van der Waals surface area contributed by atoms with E-state index in [9.17, 15) is 0 Å². The van der Waals surface area contributed by atoms with Gasteiger partial charge in [-0.3, -0.25) is 0 Å². The van der Waals surface area contributed by atoms with E-state index in [-0.39, 0.29) is 0 Å². The first-order valence-corrected chi connectivity index (χ1v) is 5.04. The molecule has 2 aromatic rings. The van der Waals surface area contributed by atoms with Gasteiger partial charge < -0.3 is 5.73 Å². The molecule has 1 heterocycles. The first-order valence-electron chi connectivity index (χ1n) is 4.66. The van der Waals surface area contributed by atoms with E-state index in [0.717, 1.165) is 21.7 Å². The van der Waals surface area contributed by atoms with Crippen LogP contribution in [0, 0.1) is 6.92 Å². The van der Waals surface area contributed by atoms with E-state index in [0.29, 0.717) is 5.82 Å². The van der Waals surface area contributed by atoms with Gasteiger partial charge in [-0.2, -0.15) is 0 Å². The molecule has 0 atom stereocenters. The minimum absolute atomic E-state index is 0.530. The van der Waals surface area contributed by atoms with Gasteiger partial charge in [0.25, 0.3) is 0 Å². The fourth-order valence-corrected chi connectivity index (χ4v) is 1.72. The van der Waals surface area contributed by atoms with Crippen molar-refractivity contribution < 1.29 is 0 Å². The quantitative estimate of drug-likeness (QED) is 0.798. The van der Waals surface area contributed by atoms with Gasteiger partial charge in [-0.05, 0) is 36.2 Å². The SMILES string of the molecule is Cc1c(Cl)cccc1-c1cccnc1N. The molecule has 1 aromatic carbocycles. The lowest BCUT2D eigenvalue weighted by molar-refractivity contribution is 1.33. The van der Waals surface area contributed by atoms with Crippen molar-refractivity contribution >= 4 is 17.4 Å². The van der Waals surface area contributed by atoms with Gasteiger partial charge in [0, 0.05) is 16.8 Å². The van der Waals surface area contributed by atoms with Gasteiger partial charge in [-0.25, -0.2) is 4.98 Å². The summed E-state index contributed by atoms with van der Waals surface area (Å²) in [4.78, 5) is 4.06. The molecular weight excluding hydrogens is 208 g/mol. The van der Waals surface area contributed by atoms with Crippen LogP contribution in [-0.2, 0) is 0 Å². The summed E-state index contributed by atoms with van der Waals surface area (Å²) in [5, 5.41) is 0.746. The molecule has 0 radical (unpaired) electrons. The van der Waals surface area contributed by atoms with Crippen molar-refractivity contribution in [2.45, 2.75) is 6.92 Å². The van der Waals surface area contributed by atoms with Crippen molar-refractivity contribution in [3.8, 4) is 11.1 Å². The Hall–Kier alpha value is -1.54. The van der Waals surface area contributed by atoms with Crippen LogP contribution in [0.4, 0.5) is 5.82 Å². The molecule has 15 heavy (non-hydrogen) atoms. The lowest BCUT2D eigenvalue weighted by Crippen LogP contribution is -1.94. The smallest absolute Gasteiger partial charge is 0.131 e. The molecule has 0 aliphatic rings. The van der Waals surface area contributed by atoms with E-state index in [1.165, 1.54) is 0 Å². The minimum atomic E-state index is 0.530. The maximum Gasteiger partial charge on any atom is 0.131 e. The van der Waals surface area contributed by atoms with Gasteiger partial charge in [0.1, 0.15) is 5.82 Å². The number of aromatic nitrogens is 1. The molecule has 1 aromatic heterocycles. The third kappa shape index (κ3) is 1.81. The Morgan fingerprint density at radius 1 is 1.13 bits per heavy atom. The molecule has 0 saturated carbocycles. The highest BCUT2D eigenvalue weighted by molar-refractivity contribution is 6.31. The van der Waals surface area contributed by atoms with Crippen LogP contribution in [0.2, 0.25) is 5.02 Å². The lowest BCUT2D eigenvalue weighted by atomic mass is 10.0. The highest BCUT2D eigenvalue weighted by atomic mass is 35.5. The van der Waals surface area contributed by atoms with Crippen LogP contribution in [0.1, 0.15) is 5.56 Å². The molecule has 2 rings (SSSR count). The Morgan fingerprint density at radius 3 is 2.60 bits per heavy atom. The van der Waals surface area contributed by atoms with Crippen LogP contribution in [0.25, 0.3) is 11.1 Å². The number of hydrogen-bond donors (Lipinski definition) is 1. The molecule has 0 bridgehead atoms. The molecule has 0 aliphatic heterocycles. The number of anilines is 1. The summed E-state index contributed by atoms with van der Waals surface area (Å²) >= 11 is 6.05. The molecule has 0 aliphatic carbocycles. The topological polar surface area (TPSA) is 38.9 Å². The first-order chi connectivity index (χ1) is 7.20. The van der Waals surface area contributed by atoms with E-state index in [2.05, 4.69) is 4.98 Å². The number of nitrogens with two attached hydrogens (primary N) is 1. The van der Waals surface area contributed by atoms with Crippen molar-refractivity contribution in [1.29, 1.82) is 0 Å². The van der Waals surface area contributed by atoms with E-state index < -0.39 is 0 Å². The monoisotopic (exact) mass is 218 g/mol. The van der Waals surface area contributed by atoms with Gasteiger partial charge in [0.15, 0.2) is 0 Å². The first kappa shape index (κ1) is 9.99. The zero-order valence-electron chi connectivity index (χ0n) is 8.37. The van der Waals surface area contributed by atoms with E-state index in [1.54, 1.807) is 6.20 Å². The number of rotatable bonds is 1. The van der Waals surface area contributed by atoms with Crippen LogP contribution in [0.3, 0.4) is 0 Å². The molecule has 0 fully saturated rings. The summed E-state index contributed by atoms with van der Waals surface area (Å²) in [5.41, 5.74) is 8.81. The highest BCUT2D eigenvalue weighted by Gasteiger charge is 2.07. The maximum atomic E-state index is 6.05. The third-order valence-corrected chi connectivity index (χ3v) is 2.81. The molecule has 0 spiro atoms. The predicted octanol–water partition coefficient (Wildman–Crippen LogP) is 3.29. The Balaban J connectivity index is 2.65. The molecular formula is C12H11ClN2. The predicted molar refractivity (Wildman–Crippen MR) is 63.8 cm³/mol. The molecule has 2 nitrogen and oxygen atoms in total. The molecule has 3 heteroatoms. The van der Waals surface area contributed by atoms with Crippen molar-refractivity contribution in [2.24, 2.45) is 0 Å². The summed E-state index contributed by atoms with van der Waals surface area (Å²) in [6.07, 6.45) is 1.68. The van der Waals surface area contributed by atoms with Gasteiger partial charge in [-0.1, -0.05) is 23.7 Å². The molecule has 0 amide bonds. The van der Waals surface area contributed by atoms with Crippen LogP contribution < -0.4 is 5.73 Å². The average Bonchev–Trinajstić information content (AvgIpc) is 2.23. The Labute approximate surface area is 93.7 Å². The van der Waals surface area contributed by atoms with Crippen molar-refractivity contribution in [3.05, 3.63) is 47.1 Å². The Bertz CT molecular complexity index is 495. The highest BCUT2D eigenvalue weighted by Crippen LogP contribution is 2.30. The van der Waals surface area contributed by atoms with Crippen molar-refractivity contribution in [1.82, 2.24) is 4.98 Å². The summed E-state index contributed by atoms with van der Waals surface area (Å²) in [7, 11) is 0. The van der Waals surface area contributed by atoms with Gasteiger partial charge in [-0.15, -0.1) is 0 Å². The summed E-state index contributed by atoms with van der Waals surface area (Å²) in [6.45, 7) is 1.98. The van der Waals surface area contributed by atoms with Gasteiger partial charge in [0.05, 0.1) is 0 Å². The van der Waals surface area contributed by atoms with E-state index >= 15 is 0 Å². The molecule has 76 valence electrons. The second kappa shape index (κ2) is 3.91. The Morgan fingerprint density at radius 2 is 1.87 bits per heavy atom. The Kier molecular flexibility index (Phi) is 2.60. The fraction of sp³-hybridized carbons (Fsp3) is 0.0833. The molecule has 0 saturated heterocycles. The number of nitrogens with zero attached hydrogens (tertiary/aromatic N) is 1. The van der Waals surface area contributed by atoms with Crippen LogP contribution in [-0.4, -0.2) is 4.98 Å². The average molecular weight is 219 g/mol. The molecule has 2 N–H and O–H groups in total. The fourth-order valence-electron chi connectivity index (χ4n) is 1.54. The summed E-state index contributed by atoms with van der Waals surface area (Å²) < 4.78 is 0.